The number of para-hydroxylation sites is 2. The molecule has 1 aliphatic rings. The van der Waals surface area contributed by atoms with E-state index in [1.807, 2.05) is 0 Å². The third kappa shape index (κ3) is 4.23. The molecule has 3 rings (SSSR count). The van der Waals surface area contributed by atoms with Gasteiger partial charge in [0.1, 0.15) is 5.75 Å². The molecular weight excluding hydrogens is 366 g/mol. The summed E-state index contributed by atoms with van der Waals surface area (Å²) >= 11 is 0. The number of amides is 1. The Labute approximate surface area is 159 Å². The lowest BCUT2D eigenvalue weighted by Crippen LogP contribution is -2.29. The van der Waals surface area contributed by atoms with Crippen LogP contribution in [-0.2, 0) is 10.0 Å². The molecule has 1 saturated heterocycles. The number of likely N-dealkylation sites (tertiary alicyclic amines) is 1. The van der Waals surface area contributed by atoms with Crippen molar-refractivity contribution in [2.24, 2.45) is 11.7 Å². The zero-order valence-electron chi connectivity index (χ0n) is 15.1. The molecule has 27 heavy (non-hydrogen) atoms. The van der Waals surface area contributed by atoms with E-state index in [1.165, 1.54) is 31.4 Å². The van der Waals surface area contributed by atoms with Crippen LogP contribution in [0.5, 0.6) is 5.75 Å². The maximum absolute atomic E-state index is 12.6. The zero-order chi connectivity index (χ0) is 19.4. The van der Waals surface area contributed by atoms with Crippen molar-refractivity contribution in [3.63, 3.8) is 0 Å². The number of hydrogen-bond donors (Lipinski definition) is 2. The molecule has 0 spiro atoms. The van der Waals surface area contributed by atoms with Crippen LogP contribution in [0.3, 0.4) is 0 Å². The molecule has 1 aliphatic heterocycles. The summed E-state index contributed by atoms with van der Waals surface area (Å²) in [6, 6.07) is 12.7. The lowest BCUT2D eigenvalue weighted by atomic mass is 10.1. The highest BCUT2D eigenvalue weighted by Gasteiger charge is 2.26. The van der Waals surface area contributed by atoms with Gasteiger partial charge < -0.3 is 15.4 Å². The molecule has 1 unspecified atom stereocenters. The first kappa shape index (κ1) is 19.2. The Morgan fingerprint density at radius 1 is 1.22 bits per heavy atom. The Hall–Kier alpha value is -2.58. The average molecular weight is 389 g/mol. The van der Waals surface area contributed by atoms with E-state index in [9.17, 15) is 13.2 Å². The molecular formula is C19H23N3O4S. The van der Waals surface area contributed by atoms with Crippen LogP contribution < -0.4 is 15.2 Å². The van der Waals surface area contributed by atoms with E-state index in [0.717, 1.165) is 6.42 Å². The number of carbonyl (C=O) groups is 1. The summed E-state index contributed by atoms with van der Waals surface area (Å²) in [5, 5.41) is 0. The summed E-state index contributed by atoms with van der Waals surface area (Å²) in [5.74, 6) is 0.655. The van der Waals surface area contributed by atoms with Crippen molar-refractivity contribution in [1.29, 1.82) is 0 Å². The number of ether oxygens (including phenoxy) is 1. The number of anilines is 1. The molecule has 0 saturated carbocycles. The fourth-order valence-corrected chi connectivity index (χ4v) is 4.17. The number of benzene rings is 2. The molecule has 0 radical (unpaired) electrons. The molecule has 2 aromatic carbocycles. The van der Waals surface area contributed by atoms with Gasteiger partial charge in [-0.3, -0.25) is 9.52 Å². The summed E-state index contributed by atoms with van der Waals surface area (Å²) in [6.07, 6.45) is 0.900. The number of methoxy groups -OCH3 is 1. The van der Waals surface area contributed by atoms with Crippen molar-refractivity contribution < 1.29 is 17.9 Å². The first-order chi connectivity index (χ1) is 12.9. The lowest BCUT2D eigenvalue weighted by Gasteiger charge is -2.16. The third-order valence-corrected chi connectivity index (χ3v) is 6.05. The quantitative estimate of drug-likeness (QED) is 0.786. The Bertz CT molecular complexity index is 913. The van der Waals surface area contributed by atoms with E-state index >= 15 is 0 Å². The van der Waals surface area contributed by atoms with Crippen LogP contribution in [0.4, 0.5) is 5.69 Å². The Morgan fingerprint density at radius 3 is 2.56 bits per heavy atom. The number of rotatable bonds is 6. The van der Waals surface area contributed by atoms with Crippen LogP contribution >= 0.6 is 0 Å². The number of nitrogens with one attached hydrogen (secondary N) is 1. The molecule has 1 heterocycles. The lowest BCUT2D eigenvalue weighted by molar-refractivity contribution is 0.0787. The number of carbonyl (C=O) groups excluding carboxylic acids is 1. The Kier molecular flexibility index (Phi) is 5.67. The van der Waals surface area contributed by atoms with Crippen LogP contribution in [-0.4, -0.2) is 46.0 Å². The van der Waals surface area contributed by atoms with Crippen LogP contribution in [0.15, 0.2) is 53.4 Å². The molecule has 1 amide bonds. The molecule has 0 bridgehead atoms. The molecule has 144 valence electrons. The van der Waals surface area contributed by atoms with Gasteiger partial charge in [0.15, 0.2) is 0 Å². The van der Waals surface area contributed by atoms with Gasteiger partial charge in [-0.2, -0.15) is 0 Å². The van der Waals surface area contributed by atoms with Gasteiger partial charge in [0.05, 0.1) is 17.7 Å². The fraction of sp³-hybridized carbons (Fsp3) is 0.316. The fourth-order valence-electron chi connectivity index (χ4n) is 3.10. The summed E-state index contributed by atoms with van der Waals surface area (Å²) in [5.41, 5.74) is 6.48. The van der Waals surface area contributed by atoms with Gasteiger partial charge in [0, 0.05) is 18.7 Å². The van der Waals surface area contributed by atoms with Gasteiger partial charge in [0.2, 0.25) is 0 Å². The van der Waals surface area contributed by atoms with Gasteiger partial charge in [-0.15, -0.1) is 0 Å². The van der Waals surface area contributed by atoms with E-state index in [0.29, 0.717) is 42.6 Å². The van der Waals surface area contributed by atoms with Crippen molar-refractivity contribution in [3.05, 3.63) is 54.1 Å². The normalized spacial score (nSPS) is 17.0. The van der Waals surface area contributed by atoms with Crippen molar-refractivity contribution >= 4 is 21.6 Å². The number of nitrogens with two attached hydrogens (primary N) is 1. The summed E-state index contributed by atoms with van der Waals surface area (Å²) in [7, 11) is -2.32. The maximum Gasteiger partial charge on any atom is 0.262 e. The highest BCUT2D eigenvalue weighted by molar-refractivity contribution is 7.92. The predicted molar refractivity (Wildman–Crippen MR) is 103 cm³/mol. The minimum absolute atomic E-state index is 0.0752. The predicted octanol–water partition coefficient (Wildman–Crippen LogP) is 1.92. The monoisotopic (exact) mass is 389 g/mol. The number of hydrogen-bond acceptors (Lipinski definition) is 5. The summed E-state index contributed by atoms with van der Waals surface area (Å²) in [6.45, 7) is 1.89. The number of nitrogens with zero attached hydrogens (tertiary/aromatic N) is 1. The SMILES string of the molecule is COc1ccccc1NS(=O)(=O)c1ccc(C(=O)N2CCC(CN)C2)cc1. The second-order valence-electron chi connectivity index (χ2n) is 6.47. The van der Waals surface area contributed by atoms with Gasteiger partial charge in [-0.25, -0.2) is 8.42 Å². The maximum atomic E-state index is 12.6. The first-order valence-corrected chi connectivity index (χ1v) is 10.2. The highest BCUT2D eigenvalue weighted by atomic mass is 32.2. The summed E-state index contributed by atoms with van der Waals surface area (Å²) in [4.78, 5) is 14.4. The van der Waals surface area contributed by atoms with Gasteiger partial charge in [-0.1, -0.05) is 12.1 Å². The molecule has 8 heteroatoms. The van der Waals surface area contributed by atoms with E-state index < -0.39 is 10.0 Å². The van der Waals surface area contributed by atoms with Gasteiger partial charge in [-0.05, 0) is 55.3 Å². The highest BCUT2D eigenvalue weighted by Crippen LogP contribution is 2.26. The van der Waals surface area contributed by atoms with E-state index in [4.69, 9.17) is 10.5 Å². The average Bonchev–Trinajstić information content (AvgIpc) is 3.17. The second kappa shape index (κ2) is 7.98. The second-order valence-corrected chi connectivity index (χ2v) is 8.15. The minimum Gasteiger partial charge on any atom is -0.495 e. The van der Waals surface area contributed by atoms with Crippen molar-refractivity contribution in [2.75, 3.05) is 31.5 Å². The van der Waals surface area contributed by atoms with E-state index in [-0.39, 0.29) is 10.8 Å². The Balaban J connectivity index is 1.75. The molecule has 0 aromatic heterocycles. The minimum atomic E-state index is -3.79. The van der Waals surface area contributed by atoms with Crippen LogP contribution in [0.2, 0.25) is 0 Å². The summed E-state index contributed by atoms with van der Waals surface area (Å²) < 4.78 is 32.9. The standard InChI is InChI=1S/C19H23N3O4S/c1-26-18-5-3-2-4-17(18)21-27(24,25)16-8-6-15(7-9-16)19(23)22-11-10-14(12-20)13-22/h2-9,14,21H,10-13,20H2,1H3. The first-order valence-electron chi connectivity index (χ1n) is 8.70. The van der Waals surface area contributed by atoms with Gasteiger partial charge in [0.25, 0.3) is 15.9 Å². The molecule has 2 aromatic rings. The molecule has 1 fully saturated rings. The molecule has 0 aliphatic carbocycles. The molecule has 1 atom stereocenters. The third-order valence-electron chi connectivity index (χ3n) is 4.67. The Morgan fingerprint density at radius 2 is 1.93 bits per heavy atom. The van der Waals surface area contributed by atoms with E-state index in [1.54, 1.807) is 29.2 Å². The molecule has 3 N–H and O–H groups in total. The van der Waals surface area contributed by atoms with E-state index in [2.05, 4.69) is 4.72 Å². The zero-order valence-corrected chi connectivity index (χ0v) is 15.9. The van der Waals surface area contributed by atoms with Crippen LogP contribution in [0, 0.1) is 5.92 Å². The largest absolute Gasteiger partial charge is 0.495 e. The van der Waals surface area contributed by atoms with Crippen molar-refractivity contribution in [1.82, 2.24) is 4.90 Å². The topological polar surface area (TPSA) is 102 Å². The van der Waals surface area contributed by atoms with Crippen molar-refractivity contribution in [2.45, 2.75) is 11.3 Å². The molecule has 7 nitrogen and oxygen atoms in total. The van der Waals surface area contributed by atoms with Crippen LogP contribution in [0.25, 0.3) is 0 Å². The number of sulfonamides is 1. The smallest absolute Gasteiger partial charge is 0.262 e. The van der Waals surface area contributed by atoms with Crippen LogP contribution in [0.1, 0.15) is 16.8 Å². The van der Waals surface area contributed by atoms with Crippen molar-refractivity contribution in [3.8, 4) is 5.75 Å². The van der Waals surface area contributed by atoms with Gasteiger partial charge >= 0.3 is 0 Å².